The van der Waals surface area contributed by atoms with E-state index < -0.39 is 0 Å². The second kappa shape index (κ2) is 5.52. The Morgan fingerprint density at radius 1 is 1.22 bits per heavy atom. The van der Waals surface area contributed by atoms with Crippen LogP contribution < -0.4 is 5.73 Å². The van der Waals surface area contributed by atoms with Gasteiger partial charge in [-0.15, -0.1) is 0 Å². The molecule has 94 valence electrons. The van der Waals surface area contributed by atoms with Gasteiger partial charge in [-0.2, -0.15) is 0 Å². The summed E-state index contributed by atoms with van der Waals surface area (Å²) in [6, 6.07) is 7.89. The predicted molar refractivity (Wildman–Crippen MR) is 86.4 cm³/mol. The van der Waals surface area contributed by atoms with E-state index in [0.29, 0.717) is 17.6 Å². The lowest BCUT2D eigenvalue weighted by Crippen LogP contribution is -2.06. The zero-order chi connectivity index (χ0) is 13.3. The lowest BCUT2D eigenvalue weighted by atomic mass is 10.1. The van der Waals surface area contributed by atoms with Crippen LogP contribution in [0.4, 0.5) is 5.82 Å². The molecule has 0 aliphatic heterocycles. The summed E-state index contributed by atoms with van der Waals surface area (Å²) in [6.07, 6.45) is 0. The van der Waals surface area contributed by atoms with Crippen LogP contribution in [0.1, 0.15) is 25.5 Å². The van der Waals surface area contributed by atoms with E-state index in [4.69, 9.17) is 5.73 Å². The van der Waals surface area contributed by atoms with Crippen molar-refractivity contribution in [1.29, 1.82) is 0 Å². The maximum Gasteiger partial charge on any atom is 0.162 e. The number of aromatic nitrogens is 2. The molecule has 0 fully saturated rings. The maximum atomic E-state index is 5.97. The third-order valence-electron chi connectivity index (χ3n) is 2.56. The lowest BCUT2D eigenvalue weighted by Gasteiger charge is -2.12. The molecule has 1 aromatic heterocycles. The van der Waals surface area contributed by atoms with Crippen molar-refractivity contribution >= 4 is 44.3 Å². The molecule has 1 aromatic carbocycles. The first kappa shape index (κ1) is 13.7. The Morgan fingerprint density at radius 2 is 1.89 bits per heavy atom. The molecule has 18 heavy (non-hydrogen) atoms. The van der Waals surface area contributed by atoms with Crippen molar-refractivity contribution in [2.75, 3.05) is 5.73 Å². The van der Waals surface area contributed by atoms with Gasteiger partial charge >= 0.3 is 0 Å². The van der Waals surface area contributed by atoms with E-state index in [0.717, 1.165) is 19.3 Å². The van der Waals surface area contributed by atoms with Gasteiger partial charge in [0.05, 0.1) is 9.26 Å². The maximum absolute atomic E-state index is 5.97. The van der Waals surface area contributed by atoms with E-state index >= 15 is 0 Å². The van der Waals surface area contributed by atoms with Crippen LogP contribution >= 0.6 is 38.5 Å². The molecule has 0 saturated heterocycles. The minimum absolute atomic E-state index is 0.323. The molecule has 1 heterocycles. The van der Waals surface area contributed by atoms with E-state index in [1.807, 2.05) is 24.3 Å². The molecule has 0 aliphatic carbocycles. The molecular formula is C13H13BrIN3. The number of hydrogen-bond acceptors (Lipinski definition) is 3. The molecule has 0 spiro atoms. The predicted octanol–water partition coefficient (Wildman–Crippen LogP) is 4.22. The number of anilines is 1. The van der Waals surface area contributed by atoms with Crippen molar-refractivity contribution in [3.63, 3.8) is 0 Å². The lowest BCUT2D eigenvalue weighted by molar-refractivity contribution is 0.810. The summed E-state index contributed by atoms with van der Waals surface area (Å²) in [5.74, 6) is 1.53. The molecular weight excluding hydrogens is 405 g/mol. The van der Waals surface area contributed by atoms with E-state index in [1.54, 1.807) is 0 Å². The Balaban J connectivity index is 2.63. The molecule has 0 radical (unpaired) electrons. The van der Waals surface area contributed by atoms with Crippen LogP contribution in [-0.4, -0.2) is 9.97 Å². The highest BCUT2D eigenvalue weighted by Gasteiger charge is 2.15. The average Bonchev–Trinajstić information content (AvgIpc) is 2.33. The topological polar surface area (TPSA) is 51.8 Å². The molecule has 0 amide bonds. The minimum atomic E-state index is 0.323. The van der Waals surface area contributed by atoms with Gasteiger partial charge in [-0.05, 0) is 34.6 Å². The minimum Gasteiger partial charge on any atom is -0.383 e. The molecule has 2 N–H and O–H groups in total. The largest absolute Gasteiger partial charge is 0.383 e. The number of nitrogens with two attached hydrogens (primary N) is 1. The van der Waals surface area contributed by atoms with E-state index in [-0.39, 0.29) is 0 Å². The summed E-state index contributed by atoms with van der Waals surface area (Å²) in [5.41, 5.74) is 7.93. The number of nitrogen functional groups attached to an aromatic ring is 1. The van der Waals surface area contributed by atoms with Gasteiger partial charge in [0.2, 0.25) is 0 Å². The highest BCUT2D eigenvalue weighted by atomic mass is 127. The standard InChI is InChI=1S/C13H13BrIN3/c1-7(2)11-10(15)12(16)18-13(17-11)8-5-3-4-6-9(8)14/h3-7H,1-2H3,(H2,16,17,18). The van der Waals surface area contributed by atoms with Crippen molar-refractivity contribution in [2.24, 2.45) is 0 Å². The first-order valence-corrected chi connectivity index (χ1v) is 7.45. The summed E-state index contributed by atoms with van der Waals surface area (Å²) in [4.78, 5) is 9.01. The molecule has 2 aromatic rings. The quantitative estimate of drug-likeness (QED) is 0.744. The van der Waals surface area contributed by atoms with Crippen LogP contribution in [0.5, 0.6) is 0 Å². The second-order valence-electron chi connectivity index (χ2n) is 4.27. The number of halogens is 2. The number of rotatable bonds is 2. The fraction of sp³-hybridized carbons (Fsp3) is 0.231. The third kappa shape index (κ3) is 2.66. The molecule has 0 saturated carbocycles. The van der Waals surface area contributed by atoms with Crippen molar-refractivity contribution < 1.29 is 0 Å². The van der Waals surface area contributed by atoms with Gasteiger partial charge in [-0.25, -0.2) is 9.97 Å². The Kier molecular flexibility index (Phi) is 4.21. The average molecular weight is 418 g/mol. The Morgan fingerprint density at radius 3 is 2.50 bits per heavy atom. The molecule has 0 aliphatic rings. The zero-order valence-electron chi connectivity index (χ0n) is 10.1. The summed E-state index contributed by atoms with van der Waals surface area (Å²) in [5, 5.41) is 0. The summed E-state index contributed by atoms with van der Waals surface area (Å²) >= 11 is 5.72. The first-order chi connectivity index (χ1) is 8.50. The van der Waals surface area contributed by atoms with Crippen LogP contribution in [-0.2, 0) is 0 Å². The van der Waals surface area contributed by atoms with Gasteiger partial charge in [0.1, 0.15) is 5.82 Å². The fourth-order valence-electron chi connectivity index (χ4n) is 1.63. The van der Waals surface area contributed by atoms with Crippen molar-refractivity contribution in [2.45, 2.75) is 19.8 Å². The first-order valence-electron chi connectivity index (χ1n) is 5.58. The molecule has 5 heteroatoms. The summed E-state index contributed by atoms with van der Waals surface area (Å²) in [7, 11) is 0. The monoisotopic (exact) mass is 417 g/mol. The molecule has 0 bridgehead atoms. The van der Waals surface area contributed by atoms with Crippen molar-refractivity contribution in [3.8, 4) is 11.4 Å². The van der Waals surface area contributed by atoms with Gasteiger partial charge < -0.3 is 5.73 Å². The van der Waals surface area contributed by atoms with Gasteiger partial charge in [-0.3, -0.25) is 0 Å². The Bertz CT molecular complexity index is 584. The molecule has 0 atom stereocenters. The fourth-order valence-corrected chi connectivity index (χ4v) is 2.95. The van der Waals surface area contributed by atoms with Crippen LogP contribution in [0, 0.1) is 3.57 Å². The van der Waals surface area contributed by atoms with Crippen molar-refractivity contribution in [3.05, 3.63) is 38.0 Å². The van der Waals surface area contributed by atoms with E-state index in [1.165, 1.54) is 0 Å². The van der Waals surface area contributed by atoms with Crippen LogP contribution in [0.2, 0.25) is 0 Å². The van der Waals surface area contributed by atoms with Crippen LogP contribution in [0.15, 0.2) is 28.7 Å². The van der Waals surface area contributed by atoms with Gasteiger partial charge in [0, 0.05) is 10.0 Å². The van der Waals surface area contributed by atoms with Gasteiger partial charge in [0.15, 0.2) is 5.82 Å². The van der Waals surface area contributed by atoms with Gasteiger partial charge in [0.25, 0.3) is 0 Å². The highest BCUT2D eigenvalue weighted by Crippen LogP contribution is 2.30. The Labute approximate surface area is 128 Å². The van der Waals surface area contributed by atoms with E-state index in [2.05, 4.69) is 62.3 Å². The summed E-state index contributed by atoms with van der Waals surface area (Å²) < 4.78 is 1.92. The Hall–Kier alpha value is -0.690. The highest BCUT2D eigenvalue weighted by molar-refractivity contribution is 14.1. The van der Waals surface area contributed by atoms with Crippen LogP contribution in [0.25, 0.3) is 11.4 Å². The smallest absolute Gasteiger partial charge is 0.162 e. The number of benzene rings is 1. The second-order valence-corrected chi connectivity index (χ2v) is 6.20. The number of nitrogens with zero attached hydrogens (tertiary/aromatic N) is 2. The number of hydrogen-bond donors (Lipinski definition) is 1. The van der Waals surface area contributed by atoms with Crippen LogP contribution in [0.3, 0.4) is 0 Å². The molecule has 2 rings (SSSR count). The molecule has 0 unspecified atom stereocenters. The van der Waals surface area contributed by atoms with Gasteiger partial charge in [-0.1, -0.05) is 48.0 Å². The normalized spacial score (nSPS) is 10.9. The molecule has 3 nitrogen and oxygen atoms in total. The van der Waals surface area contributed by atoms with Crippen molar-refractivity contribution in [1.82, 2.24) is 9.97 Å². The third-order valence-corrected chi connectivity index (χ3v) is 4.36. The van der Waals surface area contributed by atoms with E-state index in [9.17, 15) is 0 Å². The SMILES string of the molecule is CC(C)c1nc(-c2ccccc2Br)nc(N)c1I. The zero-order valence-corrected chi connectivity index (χ0v) is 13.9. The summed E-state index contributed by atoms with van der Waals surface area (Å²) in [6.45, 7) is 4.21.